The number of alkyl halides is 2. The molecule has 2 N–H and O–H groups in total. The van der Waals surface area contributed by atoms with Gasteiger partial charge in [0.15, 0.2) is 0 Å². The number of phenols is 1. The van der Waals surface area contributed by atoms with Gasteiger partial charge in [0.1, 0.15) is 5.75 Å². The molecule has 0 aliphatic heterocycles. The molecule has 1 amide bonds. The molecular formula is C8H5Br2F2NO2. The highest BCUT2D eigenvalue weighted by Crippen LogP contribution is 2.35. The first-order valence-corrected chi connectivity index (χ1v) is 5.27. The molecule has 0 fully saturated rings. The van der Waals surface area contributed by atoms with Crippen LogP contribution in [0.2, 0.25) is 0 Å². The fourth-order valence-corrected chi connectivity index (χ4v) is 2.02. The summed E-state index contributed by atoms with van der Waals surface area (Å²) in [5.74, 6) is -1.45. The summed E-state index contributed by atoms with van der Waals surface area (Å²) in [4.78, 5) is 10.7. The number of anilines is 1. The van der Waals surface area contributed by atoms with Crippen LogP contribution in [0.5, 0.6) is 5.75 Å². The second-order valence-corrected chi connectivity index (χ2v) is 4.29. The zero-order valence-corrected chi connectivity index (χ0v) is 10.3. The number of carbonyl (C=O) groups is 1. The molecule has 1 aromatic carbocycles. The predicted octanol–water partition coefficient (Wildman–Crippen LogP) is 3.12. The Morgan fingerprint density at radius 2 is 1.80 bits per heavy atom. The maximum Gasteiger partial charge on any atom is 0.315 e. The summed E-state index contributed by atoms with van der Waals surface area (Å²) < 4.78 is 24.4. The zero-order valence-electron chi connectivity index (χ0n) is 7.10. The minimum atomic E-state index is -3.07. The molecule has 1 aromatic rings. The van der Waals surface area contributed by atoms with Crippen LogP contribution in [-0.4, -0.2) is 17.4 Å². The van der Waals surface area contributed by atoms with Gasteiger partial charge in [0.05, 0.1) is 8.95 Å². The quantitative estimate of drug-likeness (QED) is 0.810. The first-order valence-electron chi connectivity index (χ1n) is 3.69. The minimum Gasteiger partial charge on any atom is -0.506 e. The molecule has 0 aromatic heterocycles. The number of halogens is 4. The van der Waals surface area contributed by atoms with Gasteiger partial charge in [-0.15, -0.1) is 0 Å². The average molecular weight is 345 g/mol. The average Bonchev–Trinajstić information content (AvgIpc) is 2.13. The molecule has 1 rings (SSSR count). The van der Waals surface area contributed by atoms with E-state index in [2.05, 4.69) is 31.9 Å². The molecular weight excluding hydrogens is 340 g/mol. The van der Waals surface area contributed by atoms with Crippen molar-refractivity contribution in [1.29, 1.82) is 0 Å². The largest absolute Gasteiger partial charge is 0.506 e. The Bertz CT molecular complexity index is 375. The number of phenolic OH excluding ortho intramolecular Hbond substituents is 1. The SMILES string of the molecule is O=C(Nc1cc(Br)c(O)c(Br)c1)C(F)F. The Kier molecular flexibility index (Phi) is 4.04. The smallest absolute Gasteiger partial charge is 0.315 e. The maximum atomic E-state index is 11.9. The van der Waals surface area contributed by atoms with Gasteiger partial charge in [0.2, 0.25) is 0 Å². The van der Waals surface area contributed by atoms with Crippen molar-refractivity contribution in [3.05, 3.63) is 21.1 Å². The van der Waals surface area contributed by atoms with Gasteiger partial charge in [-0.3, -0.25) is 4.79 Å². The van der Waals surface area contributed by atoms with Crippen molar-refractivity contribution < 1.29 is 18.7 Å². The Morgan fingerprint density at radius 1 is 1.33 bits per heavy atom. The molecule has 0 atom stereocenters. The van der Waals surface area contributed by atoms with Crippen molar-refractivity contribution in [3.63, 3.8) is 0 Å². The van der Waals surface area contributed by atoms with Gasteiger partial charge in [0.25, 0.3) is 5.91 Å². The lowest BCUT2D eigenvalue weighted by atomic mass is 10.3. The van der Waals surface area contributed by atoms with Crippen molar-refractivity contribution in [2.75, 3.05) is 5.32 Å². The van der Waals surface area contributed by atoms with Crippen LogP contribution >= 0.6 is 31.9 Å². The third kappa shape index (κ3) is 3.13. The van der Waals surface area contributed by atoms with E-state index in [1.165, 1.54) is 12.1 Å². The first kappa shape index (κ1) is 12.4. The first-order chi connectivity index (χ1) is 6.91. The number of hydrogen-bond donors (Lipinski definition) is 2. The highest BCUT2D eigenvalue weighted by atomic mass is 79.9. The summed E-state index contributed by atoms with van der Waals surface area (Å²) in [5, 5.41) is 11.3. The van der Waals surface area contributed by atoms with E-state index in [0.717, 1.165) is 0 Å². The van der Waals surface area contributed by atoms with E-state index in [1.807, 2.05) is 5.32 Å². The molecule has 0 aliphatic carbocycles. The van der Waals surface area contributed by atoms with Crippen molar-refractivity contribution in [1.82, 2.24) is 0 Å². The van der Waals surface area contributed by atoms with Crippen LogP contribution < -0.4 is 5.32 Å². The monoisotopic (exact) mass is 343 g/mol. The molecule has 0 unspecified atom stereocenters. The lowest BCUT2D eigenvalue weighted by Gasteiger charge is -2.07. The fraction of sp³-hybridized carbons (Fsp3) is 0.125. The van der Waals surface area contributed by atoms with Gasteiger partial charge in [-0.25, -0.2) is 0 Å². The van der Waals surface area contributed by atoms with E-state index < -0.39 is 12.3 Å². The van der Waals surface area contributed by atoms with Crippen LogP contribution in [0, 0.1) is 0 Å². The molecule has 15 heavy (non-hydrogen) atoms. The Hall–Kier alpha value is -0.690. The summed E-state index contributed by atoms with van der Waals surface area (Å²) in [6.07, 6.45) is -3.07. The topological polar surface area (TPSA) is 49.3 Å². The molecule has 82 valence electrons. The van der Waals surface area contributed by atoms with E-state index in [9.17, 15) is 18.7 Å². The summed E-state index contributed by atoms with van der Waals surface area (Å²) in [6.45, 7) is 0. The van der Waals surface area contributed by atoms with Crippen LogP contribution in [0.15, 0.2) is 21.1 Å². The highest BCUT2D eigenvalue weighted by Gasteiger charge is 2.16. The number of hydrogen-bond acceptors (Lipinski definition) is 2. The van der Waals surface area contributed by atoms with Crippen molar-refractivity contribution in [2.45, 2.75) is 6.43 Å². The second-order valence-electron chi connectivity index (χ2n) is 2.58. The third-order valence-corrected chi connectivity index (χ3v) is 2.69. The predicted molar refractivity (Wildman–Crippen MR) is 58.1 cm³/mol. The van der Waals surface area contributed by atoms with Crippen LogP contribution in [0.4, 0.5) is 14.5 Å². The van der Waals surface area contributed by atoms with Gasteiger partial charge >= 0.3 is 6.43 Å². The van der Waals surface area contributed by atoms with Crippen molar-refractivity contribution in [3.8, 4) is 5.75 Å². The van der Waals surface area contributed by atoms with Gasteiger partial charge in [-0.1, -0.05) is 0 Å². The minimum absolute atomic E-state index is 0.0648. The number of nitrogens with one attached hydrogen (secondary N) is 1. The fourth-order valence-electron chi connectivity index (χ4n) is 0.834. The van der Waals surface area contributed by atoms with Crippen LogP contribution in [-0.2, 0) is 4.79 Å². The van der Waals surface area contributed by atoms with Crippen molar-refractivity contribution >= 4 is 43.5 Å². The molecule has 0 aliphatic rings. The van der Waals surface area contributed by atoms with E-state index in [4.69, 9.17) is 0 Å². The normalized spacial score (nSPS) is 10.5. The second kappa shape index (κ2) is 4.89. The summed E-state index contributed by atoms with van der Waals surface area (Å²) in [6, 6.07) is 2.64. The number of carbonyl (C=O) groups excluding carboxylic acids is 1. The Morgan fingerprint density at radius 3 is 2.20 bits per heavy atom. The van der Waals surface area contributed by atoms with Crippen LogP contribution in [0.25, 0.3) is 0 Å². The van der Waals surface area contributed by atoms with E-state index in [0.29, 0.717) is 8.95 Å². The molecule has 0 heterocycles. The number of rotatable bonds is 2. The molecule has 0 radical (unpaired) electrons. The summed E-state index contributed by atoms with van der Waals surface area (Å²) in [5.41, 5.74) is 0.164. The number of benzene rings is 1. The maximum absolute atomic E-state index is 11.9. The number of amides is 1. The lowest BCUT2D eigenvalue weighted by Crippen LogP contribution is -2.19. The molecule has 0 saturated carbocycles. The van der Waals surface area contributed by atoms with Crippen LogP contribution in [0.1, 0.15) is 0 Å². The van der Waals surface area contributed by atoms with E-state index in [-0.39, 0.29) is 11.4 Å². The Balaban J connectivity index is 2.93. The van der Waals surface area contributed by atoms with E-state index in [1.54, 1.807) is 0 Å². The lowest BCUT2D eigenvalue weighted by molar-refractivity contribution is -0.126. The molecule has 0 bridgehead atoms. The van der Waals surface area contributed by atoms with Gasteiger partial charge in [-0.2, -0.15) is 8.78 Å². The number of aromatic hydroxyl groups is 1. The molecule has 0 saturated heterocycles. The van der Waals surface area contributed by atoms with Gasteiger partial charge in [0, 0.05) is 5.69 Å². The standard InChI is InChI=1S/C8H5Br2F2NO2/c9-4-1-3(2-5(10)6(4)14)13-8(15)7(11)12/h1-2,7,14H,(H,13,15). The van der Waals surface area contributed by atoms with Crippen LogP contribution in [0.3, 0.4) is 0 Å². The molecule has 3 nitrogen and oxygen atoms in total. The summed E-state index contributed by atoms with van der Waals surface area (Å²) in [7, 11) is 0. The molecule has 7 heteroatoms. The summed E-state index contributed by atoms with van der Waals surface area (Å²) >= 11 is 6.01. The zero-order chi connectivity index (χ0) is 11.6. The highest BCUT2D eigenvalue weighted by molar-refractivity contribution is 9.11. The van der Waals surface area contributed by atoms with Crippen molar-refractivity contribution in [2.24, 2.45) is 0 Å². The van der Waals surface area contributed by atoms with Gasteiger partial charge in [-0.05, 0) is 44.0 Å². The van der Waals surface area contributed by atoms with Gasteiger partial charge < -0.3 is 10.4 Å². The van der Waals surface area contributed by atoms with E-state index >= 15 is 0 Å². The Labute approximate surface area is 101 Å². The molecule has 0 spiro atoms. The third-order valence-electron chi connectivity index (χ3n) is 1.48.